The van der Waals surface area contributed by atoms with Gasteiger partial charge in [-0.1, -0.05) is 12.1 Å². The number of nitrogens with zero attached hydrogens (tertiary/aromatic N) is 1. The van der Waals surface area contributed by atoms with E-state index in [1.165, 1.54) is 5.57 Å². The standard InChI is InChI=1S/C18H20N2O4S/c1-20-11-16(12-6-8-24-9-7-12)15-5-2-13(10-17(15)20)18(21)19-25(22,23)14-3-4-14/h2,5-6,10-11,14H,3-4,7-9H2,1H3,(H,19,21). The van der Waals surface area contributed by atoms with Crippen LogP contribution in [0, 0.1) is 0 Å². The first-order chi connectivity index (χ1) is 12.0. The normalized spacial score (nSPS) is 18.2. The lowest BCUT2D eigenvalue weighted by atomic mass is 10.0. The van der Waals surface area contributed by atoms with E-state index >= 15 is 0 Å². The molecule has 1 aliphatic heterocycles. The van der Waals surface area contributed by atoms with Crippen molar-refractivity contribution in [3.05, 3.63) is 41.6 Å². The van der Waals surface area contributed by atoms with Gasteiger partial charge in [-0.3, -0.25) is 4.79 Å². The smallest absolute Gasteiger partial charge is 0.264 e. The Morgan fingerprint density at radius 1 is 1.32 bits per heavy atom. The highest BCUT2D eigenvalue weighted by Gasteiger charge is 2.37. The number of rotatable bonds is 4. The molecule has 25 heavy (non-hydrogen) atoms. The number of carbonyl (C=O) groups excluding carboxylic acids is 1. The Labute approximate surface area is 146 Å². The van der Waals surface area contributed by atoms with Crippen molar-refractivity contribution in [2.45, 2.75) is 24.5 Å². The minimum atomic E-state index is -3.54. The van der Waals surface area contributed by atoms with Gasteiger partial charge in [-0.2, -0.15) is 0 Å². The van der Waals surface area contributed by atoms with Gasteiger partial charge in [0, 0.05) is 35.3 Å². The number of fused-ring (bicyclic) bond motifs is 1. The molecule has 2 aliphatic rings. The van der Waals surface area contributed by atoms with Crippen molar-refractivity contribution in [1.29, 1.82) is 0 Å². The lowest BCUT2D eigenvalue weighted by Crippen LogP contribution is -2.33. The van der Waals surface area contributed by atoms with Crippen molar-refractivity contribution in [2.75, 3.05) is 13.2 Å². The van der Waals surface area contributed by atoms with Gasteiger partial charge < -0.3 is 9.30 Å². The molecule has 1 aromatic heterocycles. The Morgan fingerprint density at radius 3 is 2.80 bits per heavy atom. The number of amides is 1. The van der Waals surface area contributed by atoms with Crippen LogP contribution in [0.1, 0.15) is 35.2 Å². The average Bonchev–Trinajstić information content (AvgIpc) is 3.41. The maximum atomic E-state index is 12.3. The van der Waals surface area contributed by atoms with Crippen LogP contribution >= 0.6 is 0 Å². The van der Waals surface area contributed by atoms with E-state index in [0.29, 0.717) is 31.6 Å². The summed E-state index contributed by atoms with van der Waals surface area (Å²) in [4.78, 5) is 12.3. The van der Waals surface area contributed by atoms with E-state index in [0.717, 1.165) is 22.9 Å². The summed E-state index contributed by atoms with van der Waals surface area (Å²) in [6, 6.07) is 5.32. The van der Waals surface area contributed by atoms with Crippen LogP contribution in [-0.4, -0.2) is 37.4 Å². The number of hydrogen-bond donors (Lipinski definition) is 1. The highest BCUT2D eigenvalue weighted by molar-refractivity contribution is 7.91. The van der Waals surface area contributed by atoms with E-state index in [2.05, 4.69) is 10.8 Å². The Morgan fingerprint density at radius 2 is 2.12 bits per heavy atom. The fraction of sp³-hybridized carbons (Fsp3) is 0.389. The zero-order valence-corrected chi connectivity index (χ0v) is 14.8. The van der Waals surface area contributed by atoms with E-state index in [9.17, 15) is 13.2 Å². The first kappa shape index (κ1) is 16.4. The molecule has 1 aliphatic carbocycles. The quantitative estimate of drug-likeness (QED) is 0.907. The Balaban J connectivity index is 1.67. The van der Waals surface area contributed by atoms with Gasteiger partial charge >= 0.3 is 0 Å². The molecule has 0 spiro atoms. The average molecular weight is 360 g/mol. The Kier molecular flexibility index (Phi) is 3.92. The molecule has 2 heterocycles. The summed E-state index contributed by atoms with van der Waals surface area (Å²) in [5.41, 5.74) is 3.63. The Bertz CT molecular complexity index is 984. The maximum absolute atomic E-state index is 12.3. The SMILES string of the molecule is Cn1cc(C2=CCOCC2)c2ccc(C(=O)NS(=O)(=O)C3CC3)cc21. The maximum Gasteiger partial charge on any atom is 0.264 e. The third-order valence-corrected chi connectivity index (χ3v) is 6.58. The molecule has 0 atom stereocenters. The van der Waals surface area contributed by atoms with Gasteiger partial charge in [0.15, 0.2) is 0 Å². The highest BCUT2D eigenvalue weighted by Crippen LogP contribution is 2.31. The summed E-state index contributed by atoms with van der Waals surface area (Å²) < 4.78 is 33.4. The zero-order chi connectivity index (χ0) is 17.6. The molecule has 0 bridgehead atoms. The van der Waals surface area contributed by atoms with E-state index in [-0.39, 0.29) is 0 Å². The monoisotopic (exact) mass is 360 g/mol. The van der Waals surface area contributed by atoms with Gasteiger partial charge in [-0.05, 0) is 37.0 Å². The molecule has 0 saturated heterocycles. The summed E-state index contributed by atoms with van der Waals surface area (Å²) in [6.07, 6.45) is 6.25. The molecule has 7 heteroatoms. The van der Waals surface area contributed by atoms with Crippen molar-refractivity contribution in [1.82, 2.24) is 9.29 Å². The number of hydrogen-bond acceptors (Lipinski definition) is 4. The second-order valence-electron chi connectivity index (χ2n) is 6.62. The van der Waals surface area contributed by atoms with Crippen molar-refractivity contribution in [2.24, 2.45) is 7.05 Å². The number of benzene rings is 1. The lowest BCUT2D eigenvalue weighted by Gasteiger charge is -2.12. The van der Waals surface area contributed by atoms with Gasteiger partial charge in [0.05, 0.1) is 18.5 Å². The van der Waals surface area contributed by atoms with Crippen molar-refractivity contribution in [3.8, 4) is 0 Å². The molecule has 1 saturated carbocycles. The molecule has 1 fully saturated rings. The number of aryl methyl sites for hydroxylation is 1. The number of carbonyl (C=O) groups is 1. The molecular weight excluding hydrogens is 340 g/mol. The molecule has 2 aromatic rings. The number of sulfonamides is 1. The second-order valence-corrected chi connectivity index (χ2v) is 8.58. The first-order valence-electron chi connectivity index (χ1n) is 8.38. The lowest BCUT2D eigenvalue weighted by molar-refractivity contribution is 0.0981. The van der Waals surface area contributed by atoms with E-state index in [4.69, 9.17) is 4.74 Å². The van der Waals surface area contributed by atoms with E-state index < -0.39 is 21.2 Å². The third kappa shape index (κ3) is 3.09. The topological polar surface area (TPSA) is 77.4 Å². The molecule has 1 N–H and O–H groups in total. The third-order valence-electron chi connectivity index (χ3n) is 4.76. The molecule has 4 rings (SSSR count). The van der Waals surface area contributed by atoms with Crippen LogP contribution < -0.4 is 4.72 Å². The van der Waals surface area contributed by atoms with Crippen LogP contribution in [0.25, 0.3) is 16.5 Å². The van der Waals surface area contributed by atoms with Crippen LogP contribution in [0.2, 0.25) is 0 Å². The minimum absolute atomic E-state index is 0.352. The Hall–Kier alpha value is -2.12. The molecule has 6 nitrogen and oxygen atoms in total. The van der Waals surface area contributed by atoms with E-state index in [1.54, 1.807) is 12.1 Å². The molecule has 132 valence electrons. The number of nitrogens with one attached hydrogen (secondary N) is 1. The summed E-state index contributed by atoms with van der Waals surface area (Å²) >= 11 is 0. The fourth-order valence-corrected chi connectivity index (χ4v) is 4.50. The highest BCUT2D eigenvalue weighted by atomic mass is 32.2. The summed E-state index contributed by atoms with van der Waals surface area (Å²) in [6.45, 7) is 1.33. The molecule has 0 radical (unpaired) electrons. The summed E-state index contributed by atoms with van der Waals surface area (Å²) in [5.74, 6) is -0.568. The second kappa shape index (κ2) is 6.00. The predicted octanol–water partition coefficient (Wildman–Crippen LogP) is 2.20. The van der Waals surface area contributed by atoms with Crippen LogP contribution in [0.15, 0.2) is 30.5 Å². The number of aromatic nitrogens is 1. The van der Waals surface area contributed by atoms with Crippen LogP contribution in [0.3, 0.4) is 0 Å². The largest absolute Gasteiger partial charge is 0.377 e. The summed E-state index contributed by atoms with van der Waals surface area (Å²) in [5, 5.41) is 0.638. The van der Waals surface area contributed by atoms with Gasteiger partial charge in [0.1, 0.15) is 0 Å². The predicted molar refractivity (Wildman–Crippen MR) is 95.7 cm³/mol. The van der Waals surface area contributed by atoms with Gasteiger partial charge in [0.25, 0.3) is 5.91 Å². The van der Waals surface area contributed by atoms with Crippen molar-refractivity contribution in [3.63, 3.8) is 0 Å². The van der Waals surface area contributed by atoms with Crippen molar-refractivity contribution >= 4 is 32.4 Å². The summed E-state index contributed by atoms with van der Waals surface area (Å²) in [7, 11) is -1.61. The zero-order valence-electron chi connectivity index (χ0n) is 14.0. The molecular formula is C18H20N2O4S. The van der Waals surface area contributed by atoms with Crippen LogP contribution in [0.4, 0.5) is 0 Å². The van der Waals surface area contributed by atoms with Crippen LogP contribution in [-0.2, 0) is 21.8 Å². The first-order valence-corrected chi connectivity index (χ1v) is 9.92. The van der Waals surface area contributed by atoms with Crippen LogP contribution in [0.5, 0.6) is 0 Å². The van der Waals surface area contributed by atoms with Gasteiger partial charge in [0.2, 0.25) is 10.0 Å². The number of ether oxygens (including phenoxy) is 1. The van der Waals surface area contributed by atoms with Crippen molar-refractivity contribution < 1.29 is 17.9 Å². The molecule has 1 amide bonds. The molecule has 0 unspecified atom stereocenters. The van der Waals surface area contributed by atoms with Gasteiger partial charge in [-0.15, -0.1) is 0 Å². The van der Waals surface area contributed by atoms with E-state index in [1.807, 2.05) is 23.9 Å². The minimum Gasteiger partial charge on any atom is -0.377 e. The molecule has 1 aromatic carbocycles. The van der Waals surface area contributed by atoms with Gasteiger partial charge in [-0.25, -0.2) is 13.1 Å². The fourth-order valence-electron chi connectivity index (χ4n) is 3.20.